The van der Waals surface area contributed by atoms with Crippen LogP contribution in [0.1, 0.15) is 51.2 Å². The lowest BCUT2D eigenvalue weighted by Crippen LogP contribution is -2.22. The molecule has 2 atom stereocenters. The number of para-hydroxylation sites is 1. The van der Waals surface area contributed by atoms with Crippen molar-refractivity contribution in [2.45, 2.75) is 59.4 Å². The number of hydrogen-bond donors (Lipinski definition) is 1. The van der Waals surface area contributed by atoms with Gasteiger partial charge in [-0.2, -0.15) is 0 Å². The van der Waals surface area contributed by atoms with Gasteiger partial charge in [0.2, 0.25) is 0 Å². The molecule has 0 spiro atoms. The maximum Gasteiger partial charge on any atom is 0.125 e. The van der Waals surface area contributed by atoms with Crippen LogP contribution in [0.4, 0.5) is 0 Å². The molecular weight excluding hydrogens is 234 g/mol. The highest BCUT2D eigenvalue weighted by molar-refractivity contribution is 5.41. The average molecular weight is 263 g/mol. The fraction of sp³-hybridized carbons (Fsp3) is 0.647. The number of nitrogens with two attached hydrogens (primary N) is 1. The van der Waals surface area contributed by atoms with E-state index in [1.54, 1.807) is 0 Å². The van der Waals surface area contributed by atoms with E-state index in [4.69, 9.17) is 10.5 Å². The van der Waals surface area contributed by atoms with Crippen LogP contribution in [0.25, 0.3) is 0 Å². The zero-order chi connectivity index (χ0) is 14.3. The monoisotopic (exact) mass is 263 g/mol. The molecule has 0 fully saturated rings. The fourth-order valence-corrected chi connectivity index (χ4v) is 2.31. The lowest BCUT2D eigenvalue weighted by atomic mass is 10.0. The van der Waals surface area contributed by atoms with Gasteiger partial charge in [-0.05, 0) is 43.2 Å². The molecule has 19 heavy (non-hydrogen) atoms. The molecule has 1 aromatic rings. The standard InChI is InChI=1S/C17H29NO/c1-5-8-13(3)12-19-17-14(4)9-7-10-15(17)11-16(18)6-2/h7,9-10,13,16H,5-6,8,11-12,18H2,1-4H3. The first-order valence-electron chi connectivity index (χ1n) is 7.55. The summed E-state index contributed by atoms with van der Waals surface area (Å²) in [7, 11) is 0. The Bertz CT molecular complexity index is 376. The first-order valence-corrected chi connectivity index (χ1v) is 7.55. The Balaban J connectivity index is 2.74. The van der Waals surface area contributed by atoms with Crippen molar-refractivity contribution in [3.05, 3.63) is 29.3 Å². The van der Waals surface area contributed by atoms with Crippen molar-refractivity contribution in [3.63, 3.8) is 0 Å². The Morgan fingerprint density at radius 1 is 1.26 bits per heavy atom. The van der Waals surface area contributed by atoms with E-state index in [-0.39, 0.29) is 6.04 Å². The summed E-state index contributed by atoms with van der Waals surface area (Å²) in [6.07, 6.45) is 4.33. The van der Waals surface area contributed by atoms with Gasteiger partial charge in [0.15, 0.2) is 0 Å². The van der Waals surface area contributed by atoms with Crippen molar-refractivity contribution in [1.29, 1.82) is 0 Å². The summed E-state index contributed by atoms with van der Waals surface area (Å²) in [4.78, 5) is 0. The number of rotatable bonds is 8. The molecule has 1 aromatic carbocycles. The lowest BCUT2D eigenvalue weighted by Gasteiger charge is -2.18. The molecule has 0 amide bonds. The molecule has 0 aliphatic rings. The Kier molecular flexibility index (Phi) is 6.93. The van der Waals surface area contributed by atoms with Crippen molar-refractivity contribution in [2.75, 3.05) is 6.61 Å². The topological polar surface area (TPSA) is 35.2 Å². The summed E-state index contributed by atoms with van der Waals surface area (Å²) in [5.74, 6) is 1.66. The second kappa shape index (κ2) is 8.21. The molecule has 0 aliphatic carbocycles. The number of ether oxygens (including phenoxy) is 1. The third-order valence-corrected chi connectivity index (χ3v) is 3.59. The second-order valence-corrected chi connectivity index (χ2v) is 5.64. The highest BCUT2D eigenvalue weighted by Gasteiger charge is 2.11. The first-order chi connectivity index (χ1) is 9.08. The lowest BCUT2D eigenvalue weighted by molar-refractivity contribution is 0.247. The van der Waals surface area contributed by atoms with Crippen LogP contribution in [-0.2, 0) is 6.42 Å². The zero-order valence-corrected chi connectivity index (χ0v) is 12.9. The molecule has 2 unspecified atom stereocenters. The van der Waals surface area contributed by atoms with Gasteiger partial charge in [-0.1, -0.05) is 45.4 Å². The maximum atomic E-state index is 6.07. The fourth-order valence-electron chi connectivity index (χ4n) is 2.31. The summed E-state index contributed by atoms with van der Waals surface area (Å²) < 4.78 is 6.07. The minimum absolute atomic E-state index is 0.220. The summed E-state index contributed by atoms with van der Waals surface area (Å²) >= 11 is 0. The molecule has 0 bridgehead atoms. The minimum atomic E-state index is 0.220. The second-order valence-electron chi connectivity index (χ2n) is 5.64. The SMILES string of the molecule is CCCC(C)COc1c(C)cccc1CC(N)CC. The van der Waals surface area contributed by atoms with E-state index >= 15 is 0 Å². The number of hydrogen-bond acceptors (Lipinski definition) is 2. The van der Waals surface area contributed by atoms with Crippen LogP contribution in [0.3, 0.4) is 0 Å². The van der Waals surface area contributed by atoms with E-state index in [0.717, 1.165) is 25.2 Å². The quantitative estimate of drug-likeness (QED) is 0.766. The van der Waals surface area contributed by atoms with Crippen molar-refractivity contribution in [2.24, 2.45) is 11.7 Å². The predicted octanol–water partition coefficient (Wildman–Crippen LogP) is 4.09. The highest BCUT2D eigenvalue weighted by atomic mass is 16.5. The summed E-state index contributed by atoms with van der Waals surface area (Å²) in [6.45, 7) is 9.51. The molecule has 0 saturated carbocycles. The van der Waals surface area contributed by atoms with Gasteiger partial charge < -0.3 is 10.5 Å². The Morgan fingerprint density at radius 3 is 2.63 bits per heavy atom. The largest absolute Gasteiger partial charge is 0.493 e. The zero-order valence-electron chi connectivity index (χ0n) is 12.9. The summed E-state index contributed by atoms with van der Waals surface area (Å²) in [5, 5.41) is 0. The molecular formula is C17H29NO. The van der Waals surface area contributed by atoms with Crippen molar-refractivity contribution in [3.8, 4) is 5.75 Å². The van der Waals surface area contributed by atoms with Crippen LogP contribution in [0.5, 0.6) is 5.75 Å². The molecule has 0 radical (unpaired) electrons. The molecule has 2 heteroatoms. The Labute approximate surface area is 118 Å². The van der Waals surface area contributed by atoms with Gasteiger partial charge in [-0.15, -0.1) is 0 Å². The summed E-state index contributed by atoms with van der Waals surface area (Å²) in [5.41, 5.74) is 8.53. The van der Waals surface area contributed by atoms with Gasteiger partial charge in [0.1, 0.15) is 5.75 Å². The Morgan fingerprint density at radius 2 is 2.00 bits per heavy atom. The van der Waals surface area contributed by atoms with E-state index in [1.165, 1.54) is 24.0 Å². The van der Waals surface area contributed by atoms with Gasteiger partial charge in [0, 0.05) is 6.04 Å². The van der Waals surface area contributed by atoms with Crippen LogP contribution in [0, 0.1) is 12.8 Å². The van der Waals surface area contributed by atoms with Gasteiger partial charge in [0.05, 0.1) is 6.61 Å². The van der Waals surface area contributed by atoms with Crippen LogP contribution in [0.15, 0.2) is 18.2 Å². The predicted molar refractivity (Wildman–Crippen MR) is 82.7 cm³/mol. The minimum Gasteiger partial charge on any atom is -0.493 e. The van der Waals surface area contributed by atoms with Crippen molar-refractivity contribution < 1.29 is 4.74 Å². The first kappa shape index (κ1) is 16.0. The van der Waals surface area contributed by atoms with Gasteiger partial charge in [-0.3, -0.25) is 0 Å². The number of aryl methyl sites for hydroxylation is 1. The Hall–Kier alpha value is -1.02. The highest BCUT2D eigenvalue weighted by Crippen LogP contribution is 2.25. The molecule has 2 nitrogen and oxygen atoms in total. The van der Waals surface area contributed by atoms with Crippen molar-refractivity contribution in [1.82, 2.24) is 0 Å². The van der Waals surface area contributed by atoms with E-state index in [1.807, 2.05) is 0 Å². The van der Waals surface area contributed by atoms with E-state index in [9.17, 15) is 0 Å². The van der Waals surface area contributed by atoms with Crippen LogP contribution in [0.2, 0.25) is 0 Å². The van der Waals surface area contributed by atoms with Crippen LogP contribution >= 0.6 is 0 Å². The van der Waals surface area contributed by atoms with Gasteiger partial charge in [0.25, 0.3) is 0 Å². The molecule has 0 heterocycles. The third kappa shape index (κ3) is 5.23. The average Bonchev–Trinajstić information content (AvgIpc) is 2.38. The molecule has 2 N–H and O–H groups in total. The number of benzene rings is 1. The van der Waals surface area contributed by atoms with Crippen molar-refractivity contribution >= 4 is 0 Å². The van der Waals surface area contributed by atoms with Gasteiger partial charge in [-0.25, -0.2) is 0 Å². The van der Waals surface area contributed by atoms with Crippen LogP contribution in [-0.4, -0.2) is 12.6 Å². The maximum absolute atomic E-state index is 6.07. The smallest absolute Gasteiger partial charge is 0.125 e. The summed E-state index contributed by atoms with van der Waals surface area (Å²) in [6, 6.07) is 6.57. The van der Waals surface area contributed by atoms with Crippen LogP contribution < -0.4 is 10.5 Å². The van der Waals surface area contributed by atoms with E-state index in [2.05, 4.69) is 45.9 Å². The normalized spacial score (nSPS) is 14.2. The third-order valence-electron chi connectivity index (χ3n) is 3.59. The van der Waals surface area contributed by atoms with E-state index < -0.39 is 0 Å². The van der Waals surface area contributed by atoms with Gasteiger partial charge >= 0.3 is 0 Å². The molecule has 0 aliphatic heterocycles. The van der Waals surface area contributed by atoms with E-state index in [0.29, 0.717) is 5.92 Å². The molecule has 0 saturated heterocycles. The molecule has 0 aromatic heterocycles. The molecule has 1 rings (SSSR count). The molecule has 108 valence electrons.